The Kier molecular flexibility index (Phi) is 5.25. The first-order chi connectivity index (χ1) is 8.00. The average Bonchev–Trinajstić information content (AvgIpc) is 3.00. The summed E-state index contributed by atoms with van der Waals surface area (Å²) in [7, 11) is 0. The fraction of sp³-hybridized carbons (Fsp3) is 0.833. The molecule has 0 saturated heterocycles. The van der Waals surface area contributed by atoms with Crippen molar-refractivity contribution in [3.63, 3.8) is 0 Å². The summed E-state index contributed by atoms with van der Waals surface area (Å²) in [6.45, 7) is 5.55. The zero-order valence-electron chi connectivity index (χ0n) is 10.5. The molecule has 0 radical (unpaired) electrons. The van der Waals surface area contributed by atoms with Crippen LogP contribution in [-0.2, 0) is 4.79 Å². The monoisotopic (exact) mass is 242 g/mol. The number of hydrogen-bond acceptors (Lipinski definition) is 2. The largest absolute Gasteiger partial charge is 0.481 e. The molecule has 1 aliphatic carbocycles. The van der Waals surface area contributed by atoms with Gasteiger partial charge in [0.1, 0.15) is 0 Å². The molecule has 0 bridgehead atoms. The minimum atomic E-state index is -0.829. The van der Waals surface area contributed by atoms with Gasteiger partial charge >= 0.3 is 12.0 Å². The normalized spacial score (nSPS) is 22.3. The van der Waals surface area contributed by atoms with Crippen molar-refractivity contribution in [2.24, 2.45) is 17.8 Å². The first-order valence-corrected chi connectivity index (χ1v) is 6.24. The standard InChI is InChI=1S/C12H22N2O3/c1-8(2)10-6-9(10)7-14-12(17)13-5-3-4-11(15)16/h8-10H,3-7H2,1-2H3,(H,15,16)(H2,13,14,17)/t9-,10-/m0/s1. The van der Waals surface area contributed by atoms with Gasteiger partial charge in [-0.1, -0.05) is 13.8 Å². The maximum absolute atomic E-state index is 11.3. The minimum Gasteiger partial charge on any atom is -0.481 e. The molecule has 1 aliphatic rings. The maximum Gasteiger partial charge on any atom is 0.314 e. The number of carboxylic acid groups (broad SMARTS) is 1. The van der Waals surface area contributed by atoms with Crippen molar-refractivity contribution in [3.8, 4) is 0 Å². The lowest BCUT2D eigenvalue weighted by molar-refractivity contribution is -0.137. The SMILES string of the molecule is CC(C)[C@@H]1C[C@H]1CNC(=O)NCCCC(=O)O. The molecule has 1 fully saturated rings. The molecule has 17 heavy (non-hydrogen) atoms. The second-order valence-electron chi connectivity index (χ2n) is 5.04. The molecule has 1 rings (SSSR count). The Bertz CT molecular complexity index is 279. The molecule has 1 saturated carbocycles. The minimum absolute atomic E-state index is 0.0956. The Hall–Kier alpha value is -1.26. The van der Waals surface area contributed by atoms with Crippen LogP contribution in [0, 0.1) is 17.8 Å². The van der Waals surface area contributed by atoms with E-state index < -0.39 is 5.97 Å². The van der Waals surface area contributed by atoms with Crippen LogP contribution in [0.4, 0.5) is 4.79 Å². The molecule has 2 atom stereocenters. The second-order valence-corrected chi connectivity index (χ2v) is 5.04. The van der Waals surface area contributed by atoms with Crippen molar-refractivity contribution in [1.29, 1.82) is 0 Å². The van der Waals surface area contributed by atoms with Crippen molar-refractivity contribution >= 4 is 12.0 Å². The zero-order chi connectivity index (χ0) is 12.8. The van der Waals surface area contributed by atoms with E-state index in [0.29, 0.717) is 24.8 Å². The molecule has 0 spiro atoms. The summed E-state index contributed by atoms with van der Waals surface area (Å²) in [5.74, 6) is 1.24. The van der Waals surface area contributed by atoms with Crippen LogP contribution < -0.4 is 10.6 Å². The van der Waals surface area contributed by atoms with Crippen LogP contribution in [0.25, 0.3) is 0 Å². The summed E-state index contributed by atoms with van der Waals surface area (Å²) in [6.07, 6.45) is 1.77. The van der Waals surface area contributed by atoms with E-state index in [2.05, 4.69) is 24.5 Å². The first-order valence-electron chi connectivity index (χ1n) is 6.24. The van der Waals surface area contributed by atoms with Crippen molar-refractivity contribution in [3.05, 3.63) is 0 Å². The van der Waals surface area contributed by atoms with E-state index in [0.717, 1.165) is 12.5 Å². The summed E-state index contributed by atoms with van der Waals surface area (Å²) in [5, 5.41) is 13.9. The smallest absolute Gasteiger partial charge is 0.314 e. The van der Waals surface area contributed by atoms with Crippen LogP contribution >= 0.6 is 0 Å². The predicted molar refractivity (Wildman–Crippen MR) is 64.7 cm³/mol. The highest BCUT2D eigenvalue weighted by molar-refractivity contribution is 5.73. The molecule has 5 nitrogen and oxygen atoms in total. The number of rotatable bonds is 7. The topological polar surface area (TPSA) is 78.4 Å². The number of aliphatic carboxylic acids is 1. The molecule has 0 aromatic rings. The van der Waals surface area contributed by atoms with E-state index in [4.69, 9.17) is 5.11 Å². The molecule has 0 unspecified atom stereocenters. The van der Waals surface area contributed by atoms with Crippen molar-refractivity contribution in [2.75, 3.05) is 13.1 Å². The molecule has 0 aromatic heterocycles. The number of carboxylic acids is 1. The third-order valence-electron chi connectivity index (χ3n) is 3.21. The van der Waals surface area contributed by atoms with Gasteiger partial charge in [0.05, 0.1) is 0 Å². The van der Waals surface area contributed by atoms with Crippen molar-refractivity contribution < 1.29 is 14.7 Å². The number of carbonyl (C=O) groups excluding carboxylic acids is 1. The summed E-state index contributed by atoms with van der Waals surface area (Å²) >= 11 is 0. The van der Waals surface area contributed by atoms with Gasteiger partial charge in [-0.3, -0.25) is 4.79 Å². The van der Waals surface area contributed by atoms with E-state index in [-0.39, 0.29) is 12.5 Å². The zero-order valence-corrected chi connectivity index (χ0v) is 10.5. The fourth-order valence-corrected chi connectivity index (χ4v) is 2.05. The Labute approximate surface area is 102 Å². The van der Waals surface area contributed by atoms with Crippen LogP contribution in [0.2, 0.25) is 0 Å². The summed E-state index contributed by atoms with van der Waals surface area (Å²) in [5.41, 5.74) is 0. The maximum atomic E-state index is 11.3. The molecule has 3 N–H and O–H groups in total. The Morgan fingerprint density at radius 1 is 1.35 bits per heavy atom. The fourth-order valence-electron chi connectivity index (χ4n) is 2.05. The first kappa shape index (κ1) is 13.8. The molecule has 98 valence electrons. The molecule has 2 amide bonds. The van der Waals surface area contributed by atoms with Gasteiger partial charge in [0.25, 0.3) is 0 Å². The lowest BCUT2D eigenvalue weighted by atomic mass is 10.1. The summed E-state index contributed by atoms with van der Waals surface area (Å²) in [4.78, 5) is 21.6. The van der Waals surface area contributed by atoms with Gasteiger partial charge in [0.15, 0.2) is 0 Å². The van der Waals surface area contributed by atoms with Gasteiger partial charge in [0.2, 0.25) is 0 Å². The third-order valence-corrected chi connectivity index (χ3v) is 3.21. The number of urea groups is 1. The highest BCUT2D eigenvalue weighted by Crippen LogP contribution is 2.43. The number of amides is 2. The van der Waals surface area contributed by atoms with Crippen molar-refractivity contribution in [2.45, 2.75) is 33.1 Å². The van der Waals surface area contributed by atoms with Gasteiger partial charge in [-0.25, -0.2) is 4.79 Å². The Balaban J connectivity index is 1.97. The van der Waals surface area contributed by atoms with Gasteiger partial charge in [-0.15, -0.1) is 0 Å². The van der Waals surface area contributed by atoms with Crippen LogP contribution in [0.5, 0.6) is 0 Å². The van der Waals surface area contributed by atoms with Crippen LogP contribution in [0.3, 0.4) is 0 Å². The Morgan fingerprint density at radius 3 is 2.59 bits per heavy atom. The van der Waals surface area contributed by atoms with E-state index >= 15 is 0 Å². The van der Waals surface area contributed by atoms with E-state index in [9.17, 15) is 9.59 Å². The number of nitrogens with one attached hydrogen (secondary N) is 2. The molecule has 0 aliphatic heterocycles. The predicted octanol–water partition coefficient (Wildman–Crippen LogP) is 1.44. The molecular formula is C12H22N2O3. The number of hydrogen-bond donors (Lipinski definition) is 3. The lowest BCUT2D eigenvalue weighted by Crippen LogP contribution is -2.37. The van der Waals surface area contributed by atoms with E-state index in [1.54, 1.807) is 0 Å². The average molecular weight is 242 g/mol. The molecule has 5 heteroatoms. The quantitative estimate of drug-likeness (QED) is 0.591. The van der Waals surface area contributed by atoms with E-state index in [1.165, 1.54) is 6.42 Å². The number of carbonyl (C=O) groups is 2. The van der Waals surface area contributed by atoms with Gasteiger partial charge in [-0.05, 0) is 30.6 Å². The molecule has 0 heterocycles. The highest BCUT2D eigenvalue weighted by Gasteiger charge is 2.38. The van der Waals surface area contributed by atoms with Gasteiger partial charge in [0, 0.05) is 19.5 Å². The highest BCUT2D eigenvalue weighted by atomic mass is 16.4. The van der Waals surface area contributed by atoms with Crippen molar-refractivity contribution in [1.82, 2.24) is 10.6 Å². The van der Waals surface area contributed by atoms with Gasteiger partial charge < -0.3 is 15.7 Å². The van der Waals surface area contributed by atoms with Gasteiger partial charge in [-0.2, -0.15) is 0 Å². The molecule has 0 aromatic carbocycles. The summed E-state index contributed by atoms with van der Waals surface area (Å²) < 4.78 is 0. The van der Waals surface area contributed by atoms with Crippen LogP contribution in [0.1, 0.15) is 33.1 Å². The molecular weight excluding hydrogens is 220 g/mol. The second kappa shape index (κ2) is 6.47. The Morgan fingerprint density at radius 2 is 2.06 bits per heavy atom. The third kappa shape index (κ3) is 5.56. The lowest BCUT2D eigenvalue weighted by Gasteiger charge is -2.07. The van der Waals surface area contributed by atoms with Crippen LogP contribution in [-0.4, -0.2) is 30.2 Å². The summed E-state index contributed by atoms with van der Waals surface area (Å²) in [6, 6.07) is -0.190. The van der Waals surface area contributed by atoms with E-state index in [1.807, 2.05) is 0 Å². The van der Waals surface area contributed by atoms with Crippen LogP contribution in [0.15, 0.2) is 0 Å².